The molecule has 0 bridgehead atoms. The second-order valence-electron chi connectivity index (χ2n) is 7.23. The standard InChI is InChI=1S/C22H22N4O/c27-22-18(12-16-3-1-2-4-19(16)25-22)21-13-17-11-15(5-6-20(17)24-21)14-26-9-7-23-8-10-26/h1-6,11-13,23-24H,7-10,14H2,(H,25,27). The van der Waals surface area contributed by atoms with Crippen molar-refractivity contribution in [3.63, 3.8) is 0 Å². The van der Waals surface area contributed by atoms with Gasteiger partial charge in [0.25, 0.3) is 5.56 Å². The van der Waals surface area contributed by atoms with E-state index in [1.54, 1.807) is 0 Å². The minimum atomic E-state index is -0.0682. The summed E-state index contributed by atoms with van der Waals surface area (Å²) in [7, 11) is 0. The van der Waals surface area contributed by atoms with Crippen LogP contribution in [0.4, 0.5) is 0 Å². The molecule has 3 N–H and O–H groups in total. The van der Waals surface area contributed by atoms with E-state index in [1.165, 1.54) is 5.56 Å². The van der Waals surface area contributed by atoms with E-state index < -0.39 is 0 Å². The van der Waals surface area contributed by atoms with E-state index in [2.05, 4.69) is 44.5 Å². The molecule has 5 rings (SSSR count). The molecule has 136 valence electrons. The van der Waals surface area contributed by atoms with Gasteiger partial charge in [0, 0.05) is 49.1 Å². The minimum absolute atomic E-state index is 0.0682. The van der Waals surface area contributed by atoms with E-state index >= 15 is 0 Å². The first-order valence-corrected chi connectivity index (χ1v) is 9.43. The van der Waals surface area contributed by atoms with Crippen LogP contribution in [0.25, 0.3) is 33.1 Å². The molecule has 3 heterocycles. The maximum atomic E-state index is 12.6. The molecule has 0 aliphatic carbocycles. The molecule has 0 radical (unpaired) electrons. The van der Waals surface area contributed by atoms with Gasteiger partial charge in [-0.15, -0.1) is 0 Å². The number of aromatic nitrogens is 2. The lowest BCUT2D eigenvalue weighted by Crippen LogP contribution is -2.42. The third-order valence-electron chi connectivity index (χ3n) is 5.34. The van der Waals surface area contributed by atoms with Crippen LogP contribution in [-0.4, -0.2) is 41.0 Å². The average molecular weight is 358 g/mol. The molecule has 0 unspecified atom stereocenters. The average Bonchev–Trinajstić information content (AvgIpc) is 3.11. The Morgan fingerprint density at radius 1 is 0.852 bits per heavy atom. The number of pyridine rings is 1. The number of piperazine rings is 1. The SMILES string of the molecule is O=c1[nH]c2ccccc2cc1-c1cc2cc(CN3CCNCC3)ccc2[nH]1. The molecule has 5 heteroatoms. The molecule has 0 saturated carbocycles. The van der Waals surface area contributed by atoms with Crippen molar-refractivity contribution in [3.05, 3.63) is 70.5 Å². The van der Waals surface area contributed by atoms with Gasteiger partial charge in [0.05, 0.1) is 11.3 Å². The van der Waals surface area contributed by atoms with Gasteiger partial charge in [-0.3, -0.25) is 9.69 Å². The molecule has 27 heavy (non-hydrogen) atoms. The molecular weight excluding hydrogens is 336 g/mol. The number of rotatable bonds is 3. The van der Waals surface area contributed by atoms with Crippen molar-refractivity contribution in [3.8, 4) is 11.3 Å². The van der Waals surface area contributed by atoms with Crippen LogP contribution in [0.5, 0.6) is 0 Å². The normalized spacial score (nSPS) is 15.6. The lowest BCUT2D eigenvalue weighted by Gasteiger charge is -2.27. The Labute approximate surface area is 157 Å². The fourth-order valence-corrected chi connectivity index (χ4v) is 3.90. The van der Waals surface area contributed by atoms with Gasteiger partial charge in [-0.25, -0.2) is 0 Å². The molecule has 2 aromatic heterocycles. The number of hydrogen-bond acceptors (Lipinski definition) is 3. The second kappa shape index (κ2) is 6.68. The summed E-state index contributed by atoms with van der Waals surface area (Å²) < 4.78 is 0. The number of hydrogen-bond donors (Lipinski definition) is 3. The molecule has 1 aliphatic rings. The summed E-state index contributed by atoms with van der Waals surface area (Å²) in [4.78, 5) is 21.4. The minimum Gasteiger partial charge on any atom is -0.354 e. The Hall–Kier alpha value is -2.89. The third kappa shape index (κ3) is 3.16. The van der Waals surface area contributed by atoms with Gasteiger partial charge in [0.2, 0.25) is 0 Å². The largest absolute Gasteiger partial charge is 0.354 e. The smallest absolute Gasteiger partial charge is 0.257 e. The van der Waals surface area contributed by atoms with E-state index in [-0.39, 0.29) is 5.56 Å². The topological polar surface area (TPSA) is 63.9 Å². The fraction of sp³-hybridized carbons (Fsp3) is 0.227. The first-order chi connectivity index (χ1) is 13.3. The summed E-state index contributed by atoms with van der Waals surface area (Å²) >= 11 is 0. The predicted octanol–water partition coefficient (Wildman–Crippen LogP) is 3.08. The zero-order chi connectivity index (χ0) is 18.2. The molecule has 1 fully saturated rings. The van der Waals surface area contributed by atoms with Gasteiger partial charge in [-0.05, 0) is 41.3 Å². The van der Waals surface area contributed by atoms with Crippen molar-refractivity contribution in [1.29, 1.82) is 0 Å². The van der Waals surface area contributed by atoms with Crippen LogP contribution < -0.4 is 10.9 Å². The second-order valence-corrected chi connectivity index (χ2v) is 7.23. The van der Waals surface area contributed by atoms with Crippen LogP contribution in [-0.2, 0) is 6.54 Å². The molecule has 1 aliphatic heterocycles. The van der Waals surface area contributed by atoms with Crippen LogP contribution in [0.1, 0.15) is 5.56 Å². The Bertz CT molecular complexity index is 1170. The predicted molar refractivity (Wildman–Crippen MR) is 110 cm³/mol. The number of benzene rings is 2. The Kier molecular flexibility index (Phi) is 4.03. The van der Waals surface area contributed by atoms with Crippen LogP contribution >= 0.6 is 0 Å². The maximum absolute atomic E-state index is 12.6. The summed E-state index contributed by atoms with van der Waals surface area (Å²) in [5.74, 6) is 0. The summed E-state index contributed by atoms with van der Waals surface area (Å²) in [6.45, 7) is 5.25. The highest BCUT2D eigenvalue weighted by Crippen LogP contribution is 2.25. The molecule has 4 aromatic rings. The van der Waals surface area contributed by atoms with Crippen molar-refractivity contribution >= 4 is 21.8 Å². The van der Waals surface area contributed by atoms with Crippen molar-refractivity contribution < 1.29 is 0 Å². The van der Waals surface area contributed by atoms with Gasteiger partial charge in [0.15, 0.2) is 0 Å². The van der Waals surface area contributed by atoms with Crippen molar-refractivity contribution in [2.45, 2.75) is 6.54 Å². The summed E-state index contributed by atoms with van der Waals surface area (Å²) in [6, 6.07) is 18.4. The highest BCUT2D eigenvalue weighted by molar-refractivity contribution is 5.89. The third-order valence-corrected chi connectivity index (χ3v) is 5.34. The van der Waals surface area contributed by atoms with Gasteiger partial charge in [0.1, 0.15) is 0 Å². The molecule has 2 aromatic carbocycles. The first kappa shape index (κ1) is 16.3. The molecule has 0 atom stereocenters. The number of nitrogens with one attached hydrogen (secondary N) is 3. The van der Waals surface area contributed by atoms with Gasteiger partial charge in [-0.1, -0.05) is 24.3 Å². The van der Waals surface area contributed by atoms with Crippen molar-refractivity contribution in [2.24, 2.45) is 0 Å². The van der Waals surface area contributed by atoms with Crippen LogP contribution in [0.3, 0.4) is 0 Å². The van der Waals surface area contributed by atoms with Crippen LogP contribution in [0, 0.1) is 0 Å². The monoisotopic (exact) mass is 358 g/mol. The number of para-hydroxylation sites is 1. The Morgan fingerprint density at radius 2 is 1.67 bits per heavy atom. The quantitative estimate of drug-likeness (QED) is 0.527. The van der Waals surface area contributed by atoms with Crippen molar-refractivity contribution in [1.82, 2.24) is 20.2 Å². The molecule has 0 spiro atoms. The lowest BCUT2D eigenvalue weighted by atomic mass is 10.1. The van der Waals surface area contributed by atoms with Crippen LogP contribution in [0.2, 0.25) is 0 Å². The van der Waals surface area contributed by atoms with Gasteiger partial charge in [-0.2, -0.15) is 0 Å². The van der Waals surface area contributed by atoms with E-state index in [0.717, 1.165) is 60.2 Å². The highest BCUT2D eigenvalue weighted by Gasteiger charge is 2.12. The number of aromatic amines is 2. The lowest BCUT2D eigenvalue weighted by molar-refractivity contribution is 0.233. The fourth-order valence-electron chi connectivity index (χ4n) is 3.90. The summed E-state index contributed by atoms with van der Waals surface area (Å²) in [5.41, 5.74) is 4.69. The highest BCUT2D eigenvalue weighted by atomic mass is 16.1. The first-order valence-electron chi connectivity index (χ1n) is 9.43. The number of H-pyrrole nitrogens is 2. The zero-order valence-corrected chi connectivity index (χ0v) is 15.1. The van der Waals surface area contributed by atoms with E-state index in [4.69, 9.17) is 0 Å². The summed E-state index contributed by atoms with van der Waals surface area (Å²) in [5, 5.41) is 5.57. The Balaban J connectivity index is 1.51. The molecular formula is C22H22N4O. The van der Waals surface area contributed by atoms with E-state index in [9.17, 15) is 4.79 Å². The van der Waals surface area contributed by atoms with Crippen molar-refractivity contribution in [2.75, 3.05) is 26.2 Å². The number of fused-ring (bicyclic) bond motifs is 2. The Morgan fingerprint density at radius 3 is 2.56 bits per heavy atom. The van der Waals surface area contributed by atoms with E-state index in [0.29, 0.717) is 5.56 Å². The molecule has 0 amide bonds. The van der Waals surface area contributed by atoms with Gasteiger partial charge >= 0.3 is 0 Å². The number of nitrogens with zero attached hydrogens (tertiary/aromatic N) is 1. The zero-order valence-electron chi connectivity index (χ0n) is 15.1. The van der Waals surface area contributed by atoms with E-state index in [1.807, 2.05) is 30.3 Å². The van der Waals surface area contributed by atoms with Gasteiger partial charge < -0.3 is 15.3 Å². The summed E-state index contributed by atoms with van der Waals surface area (Å²) in [6.07, 6.45) is 0. The maximum Gasteiger partial charge on any atom is 0.257 e. The molecule has 1 saturated heterocycles. The molecule has 5 nitrogen and oxygen atoms in total. The van der Waals surface area contributed by atoms with Crippen LogP contribution in [0.15, 0.2) is 59.4 Å².